The predicted molar refractivity (Wildman–Crippen MR) is 67.6 cm³/mol. The maximum atomic E-state index is 4.02. The Morgan fingerprint density at radius 1 is 1.50 bits per heavy atom. The monoisotopic (exact) mass is 222 g/mol. The molecular formula is C12H22N4. The van der Waals surface area contributed by atoms with Gasteiger partial charge in [-0.1, -0.05) is 6.92 Å². The van der Waals surface area contributed by atoms with Crippen LogP contribution < -0.4 is 5.32 Å². The second-order valence-corrected chi connectivity index (χ2v) is 4.28. The number of aromatic nitrogens is 2. The largest absolute Gasteiger partial charge is 0.367 e. The van der Waals surface area contributed by atoms with Gasteiger partial charge in [0.25, 0.3) is 0 Å². The molecule has 0 spiro atoms. The highest BCUT2D eigenvalue weighted by Crippen LogP contribution is 2.03. The van der Waals surface area contributed by atoms with Gasteiger partial charge < -0.3 is 10.2 Å². The minimum atomic E-state index is 0.630. The Morgan fingerprint density at radius 3 is 2.88 bits per heavy atom. The molecule has 0 aliphatic carbocycles. The Balaban J connectivity index is 2.30. The topological polar surface area (TPSA) is 41.0 Å². The molecule has 0 fully saturated rings. The summed E-state index contributed by atoms with van der Waals surface area (Å²) in [5, 5.41) is 11.2. The summed E-state index contributed by atoms with van der Waals surface area (Å²) in [7, 11) is 2.15. The van der Waals surface area contributed by atoms with E-state index >= 15 is 0 Å². The standard InChI is InChI=1S/C12H22N4/c1-5-11(3)16(4)7-6-13-12-8-10(2)9-14-15-12/h8-9,11H,5-7H2,1-4H3,(H,13,15). The van der Waals surface area contributed by atoms with Gasteiger partial charge in [-0.15, -0.1) is 5.10 Å². The van der Waals surface area contributed by atoms with Gasteiger partial charge >= 0.3 is 0 Å². The van der Waals surface area contributed by atoms with Crippen LogP contribution in [0.3, 0.4) is 0 Å². The molecule has 90 valence electrons. The first kappa shape index (κ1) is 12.9. The molecule has 16 heavy (non-hydrogen) atoms. The molecule has 4 heteroatoms. The minimum absolute atomic E-state index is 0.630. The average Bonchev–Trinajstić information content (AvgIpc) is 2.28. The van der Waals surface area contributed by atoms with Crippen LogP contribution in [0.4, 0.5) is 5.82 Å². The summed E-state index contributed by atoms with van der Waals surface area (Å²) in [6, 6.07) is 2.64. The Kier molecular flexibility index (Phi) is 5.19. The summed E-state index contributed by atoms with van der Waals surface area (Å²) in [5.41, 5.74) is 1.13. The molecule has 1 N–H and O–H groups in total. The highest BCUT2D eigenvalue weighted by molar-refractivity contribution is 5.34. The maximum absolute atomic E-state index is 4.02. The van der Waals surface area contributed by atoms with E-state index < -0.39 is 0 Å². The van der Waals surface area contributed by atoms with Crippen molar-refractivity contribution in [3.63, 3.8) is 0 Å². The first-order valence-electron chi connectivity index (χ1n) is 5.87. The number of nitrogens with one attached hydrogen (secondary N) is 1. The summed E-state index contributed by atoms with van der Waals surface area (Å²) in [5.74, 6) is 0.859. The third kappa shape index (κ3) is 4.14. The molecule has 1 atom stereocenters. The second-order valence-electron chi connectivity index (χ2n) is 4.28. The first-order chi connectivity index (χ1) is 7.63. The Labute approximate surface area is 98.1 Å². The van der Waals surface area contributed by atoms with Crippen LogP contribution in [0.1, 0.15) is 25.8 Å². The van der Waals surface area contributed by atoms with Crippen molar-refractivity contribution in [3.8, 4) is 0 Å². The number of likely N-dealkylation sites (N-methyl/N-ethyl adjacent to an activating group) is 1. The molecule has 1 rings (SSSR count). The quantitative estimate of drug-likeness (QED) is 0.798. The fourth-order valence-corrected chi connectivity index (χ4v) is 1.44. The summed E-state index contributed by atoms with van der Waals surface area (Å²) in [6.07, 6.45) is 2.94. The lowest BCUT2D eigenvalue weighted by atomic mass is 10.2. The zero-order valence-corrected chi connectivity index (χ0v) is 10.7. The van der Waals surface area contributed by atoms with E-state index in [9.17, 15) is 0 Å². The van der Waals surface area contributed by atoms with Crippen molar-refractivity contribution < 1.29 is 0 Å². The van der Waals surface area contributed by atoms with Gasteiger partial charge in [0.2, 0.25) is 0 Å². The molecule has 1 aromatic rings. The Bertz CT molecular complexity index is 314. The number of anilines is 1. The molecule has 0 aliphatic rings. The molecular weight excluding hydrogens is 200 g/mol. The zero-order chi connectivity index (χ0) is 12.0. The minimum Gasteiger partial charge on any atom is -0.367 e. The van der Waals surface area contributed by atoms with Gasteiger partial charge in [0.05, 0.1) is 6.20 Å². The van der Waals surface area contributed by atoms with E-state index in [0.717, 1.165) is 24.5 Å². The summed E-state index contributed by atoms with van der Waals surface area (Å²) >= 11 is 0. The van der Waals surface area contributed by atoms with Crippen molar-refractivity contribution >= 4 is 5.82 Å². The average molecular weight is 222 g/mol. The molecule has 0 saturated heterocycles. The molecule has 1 heterocycles. The molecule has 0 bridgehead atoms. The molecule has 0 amide bonds. The molecule has 4 nitrogen and oxygen atoms in total. The molecule has 0 aliphatic heterocycles. The highest BCUT2D eigenvalue weighted by Gasteiger charge is 2.05. The van der Waals surface area contributed by atoms with Gasteiger partial charge in [0.1, 0.15) is 5.82 Å². The Morgan fingerprint density at radius 2 is 2.25 bits per heavy atom. The van der Waals surface area contributed by atoms with E-state index in [-0.39, 0.29) is 0 Å². The smallest absolute Gasteiger partial charge is 0.148 e. The molecule has 1 aromatic heterocycles. The molecule has 0 aromatic carbocycles. The third-order valence-electron chi connectivity index (χ3n) is 2.91. The van der Waals surface area contributed by atoms with E-state index in [1.54, 1.807) is 6.20 Å². The lowest BCUT2D eigenvalue weighted by Gasteiger charge is -2.23. The van der Waals surface area contributed by atoms with Crippen LogP contribution in [0.5, 0.6) is 0 Å². The summed E-state index contributed by atoms with van der Waals surface area (Å²) < 4.78 is 0. The van der Waals surface area contributed by atoms with E-state index in [1.165, 1.54) is 6.42 Å². The lowest BCUT2D eigenvalue weighted by molar-refractivity contribution is 0.261. The SMILES string of the molecule is CCC(C)N(C)CCNc1cc(C)cnn1. The van der Waals surface area contributed by atoms with Crippen molar-refractivity contribution in [1.29, 1.82) is 0 Å². The number of nitrogens with zero attached hydrogens (tertiary/aromatic N) is 3. The molecule has 0 radical (unpaired) electrons. The van der Waals surface area contributed by atoms with E-state index in [2.05, 4.69) is 41.3 Å². The summed E-state index contributed by atoms with van der Waals surface area (Å²) in [4.78, 5) is 2.34. The van der Waals surface area contributed by atoms with Gasteiger partial charge in [-0.2, -0.15) is 5.10 Å². The summed E-state index contributed by atoms with van der Waals surface area (Å²) in [6.45, 7) is 8.39. The van der Waals surface area contributed by atoms with Gasteiger partial charge in [-0.3, -0.25) is 0 Å². The normalized spacial score (nSPS) is 12.8. The van der Waals surface area contributed by atoms with Crippen molar-refractivity contribution in [1.82, 2.24) is 15.1 Å². The van der Waals surface area contributed by atoms with Crippen molar-refractivity contribution in [3.05, 3.63) is 17.8 Å². The van der Waals surface area contributed by atoms with Gasteiger partial charge in [-0.25, -0.2) is 0 Å². The first-order valence-corrected chi connectivity index (χ1v) is 5.87. The van der Waals surface area contributed by atoms with Crippen molar-refractivity contribution in [2.75, 3.05) is 25.5 Å². The fourth-order valence-electron chi connectivity index (χ4n) is 1.44. The van der Waals surface area contributed by atoms with Crippen molar-refractivity contribution in [2.45, 2.75) is 33.2 Å². The van der Waals surface area contributed by atoms with Crippen LogP contribution in [-0.4, -0.2) is 41.3 Å². The van der Waals surface area contributed by atoms with Gasteiger partial charge in [0.15, 0.2) is 0 Å². The van der Waals surface area contributed by atoms with E-state index in [4.69, 9.17) is 0 Å². The third-order valence-corrected chi connectivity index (χ3v) is 2.91. The van der Waals surface area contributed by atoms with Crippen LogP contribution in [-0.2, 0) is 0 Å². The van der Waals surface area contributed by atoms with Crippen LogP contribution >= 0.6 is 0 Å². The van der Waals surface area contributed by atoms with Crippen LogP contribution in [0.15, 0.2) is 12.3 Å². The Hall–Kier alpha value is -1.16. The van der Waals surface area contributed by atoms with Crippen LogP contribution in [0.2, 0.25) is 0 Å². The van der Waals surface area contributed by atoms with Crippen LogP contribution in [0, 0.1) is 6.92 Å². The van der Waals surface area contributed by atoms with Gasteiger partial charge in [0, 0.05) is 19.1 Å². The molecule has 1 unspecified atom stereocenters. The second kappa shape index (κ2) is 6.43. The fraction of sp³-hybridized carbons (Fsp3) is 0.667. The number of aryl methyl sites for hydroxylation is 1. The van der Waals surface area contributed by atoms with E-state index in [0.29, 0.717) is 6.04 Å². The maximum Gasteiger partial charge on any atom is 0.148 e. The number of hydrogen-bond acceptors (Lipinski definition) is 4. The predicted octanol–water partition coefficient (Wildman–Crippen LogP) is 1.93. The van der Waals surface area contributed by atoms with Crippen molar-refractivity contribution in [2.24, 2.45) is 0 Å². The van der Waals surface area contributed by atoms with Gasteiger partial charge in [-0.05, 0) is 38.9 Å². The zero-order valence-electron chi connectivity index (χ0n) is 10.7. The van der Waals surface area contributed by atoms with E-state index in [1.807, 2.05) is 13.0 Å². The highest BCUT2D eigenvalue weighted by atomic mass is 15.2. The van der Waals surface area contributed by atoms with Crippen LogP contribution in [0.25, 0.3) is 0 Å². The number of hydrogen-bond donors (Lipinski definition) is 1. The lowest BCUT2D eigenvalue weighted by Crippen LogP contribution is -2.32. The number of rotatable bonds is 6. The molecule has 0 saturated carbocycles.